The average Bonchev–Trinajstić information content (AvgIpc) is 2.36. The van der Waals surface area contributed by atoms with E-state index in [0.29, 0.717) is 25.9 Å². The summed E-state index contributed by atoms with van der Waals surface area (Å²) in [6.45, 7) is 2.84. The summed E-state index contributed by atoms with van der Waals surface area (Å²) in [4.78, 5) is 0. The van der Waals surface area contributed by atoms with Gasteiger partial charge in [0.05, 0.1) is 12.4 Å². The largest absolute Gasteiger partial charge is 0.409 e. The lowest BCUT2D eigenvalue weighted by Crippen LogP contribution is -2.48. The van der Waals surface area contributed by atoms with Crippen molar-refractivity contribution in [1.82, 2.24) is 4.31 Å². The van der Waals surface area contributed by atoms with E-state index in [-0.39, 0.29) is 18.2 Å². The van der Waals surface area contributed by atoms with Crippen molar-refractivity contribution in [1.29, 1.82) is 0 Å². The van der Waals surface area contributed by atoms with Crippen molar-refractivity contribution in [3.05, 3.63) is 0 Å². The number of amidine groups is 1. The smallest absolute Gasteiger partial charge is 0.216 e. The first-order valence-corrected chi connectivity index (χ1v) is 7.41. The van der Waals surface area contributed by atoms with Crippen LogP contribution in [0.3, 0.4) is 0 Å². The van der Waals surface area contributed by atoms with E-state index in [9.17, 15) is 8.42 Å². The first-order chi connectivity index (χ1) is 8.35. The fraction of sp³-hybridized carbons (Fsp3) is 0.900. The van der Waals surface area contributed by atoms with Gasteiger partial charge < -0.3 is 15.7 Å². The molecule has 0 atom stereocenters. The second kappa shape index (κ2) is 5.85. The predicted molar refractivity (Wildman–Crippen MR) is 68.0 cm³/mol. The number of nitrogens with two attached hydrogens (primary N) is 1. The molecule has 0 aromatic carbocycles. The molecule has 1 aliphatic heterocycles. The van der Waals surface area contributed by atoms with Gasteiger partial charge in [-0.1, -0.05) is 12.1 Å². The van der Waals surface area contributed by atoms with Gasteiger partial charge in [-0.3, -0.25) is 0 Å². The quantitative estimate of drug-likeness (QED) is 0.314. The lowest BCUT2D eigenvalue weighted by Gasteiger charge is -2.37. The molecule has 8 heteroatoms. The molecule has 1 heterocycles. The summed E-state index contributed by atoms with van der Waals surface area (Å²) in [5.74, 6) is 0.153. The lowest BCUT2D eigenvalue weighted by atomic mass is 9.80. The van der Waals surface area contributed by atoms with E-state index in [4.69, 9.17) is 15.7 Å². The Balaban J connectivity index is 2.64. The molecule has 0 saturated carbocycles. The Morgan fingerprint density at radius 3 is 2.50 bits per heavy atom. The monoisotopic (exact) mass is 279 g/mol. The molecule has 0 aromatic rings. The Bertz CT molecular complexity index is 399. The highest BCUT2D eigenvalue weighted by atomic mass is 32.2. The number of rotatable bonds is 5. The molecular weight excluding hydrogens is 258 g/mol. The molecule has 0 unspecified atom stereocenters. The normalized spacial score (nSPS) is 22.0. The van der Waals surface area contributed by atoms with Crippen LogP contribution in [0.25, 0.3) is 0 Å². The SMILES string of the molecule is COCCS(=O)(=O)N1CCC(C)(C(N)=NO)CC1. The van der Waals surface area contributed by atoms with Crippen LogP contribution in [0.15, 0.2) is 5.16 Å². The van der Waals surface area contributed by atoms with Gasteiger partial charge in [0.25, 0.3) is 0 Å². The van der Waals surface area contributed by atoms with E-state index >= 15 is 0 Å². The highest BCUT2D eigenvalue weighted by Gasteiger charge is 2.37. The van der Waals surface area contributed by atoms with Crippen LogP contribution in [-0.4, -0.2) is 56.3 Å². The van der Waals surface area contributed by atoms with Crippen molar-refractivity contribution in [2.75, 3.05) is 32.6 Å². The van der Waals surface area contributed by atoms with Gasteiger partial charge in [-0.05, 0) is 12.8 Å². The molecule has 0 aromatic heterocycles. The third-order valence-electron chi connectivity index (χ3n) is 3.49. The molecular formula is C10H21N3O4S. The highest BCUT2D eigenvalue weighted by molar-refractivity contribution is 7.89. The van der Waals surface area contributed by atoms with E-state index in [1.165, 1.54) is 11.4 Å². The summed E-state index contributed by atoms with van der Waals surface area (Å²) in [5.41, 5.74) is 5.20. The van der Waals surface area contributed by atoms with Crippen molar-refractivity contribution >= 4 is 15.9 Å². The van der Waals surface area contributed by atoms with Gasteiger partial charge in [-0.15, -0.1) is 0 Å². The van der Waals surface area contributed by atoms with Crippen LogP contribution in [-0.2, 0) is 14.8 Å². The molecule has 0 radical (unpaired) electrons. The second-order valence-corrected chi connectivity index (χ2v) is 6.84. The summed E-state index contributed by atoms with van der Waals surface area (Å²) < 4.78 is 30.1. The topological polar surface area (TPSA) is 105 Å². The van der Waals surface area contributed by atoms with Crippen molar-refractivity contribution < 1.29 is 18.4 Å². The van der Waals surface area contributed by atoms with E-state index in [1.54, 1.807) is 0 Å². The molecule has 1 rings (SSSR count). The van der Waals surface area contributed by atoms with Crippen molar-refractivity contribution in [3.8, 4) is 0 Å². The van der Waals surface area contributed by atoms with Gasteiger partial charge in [0.2, 0.25) is 10.0 Å². The zero-order valence-electron chi connectivity index (χ0n) is 10.8. The minimum atomic E-state index is -3.26. The molecule has 1 saturated heterocycles. The molecule has 0 amide bonds. The van der Waals surface area contributed by atoms with Crippen molar-refractivity contribution in [2.45, 2.75) is 19.8 Å². The predicted octanol–water partition coefficient (Wildman–Crippen LogP) is -0.189. The summed E-state index contributed by atoms with van der Waals surface area (Å²) >= 11 is 0. The molecule has 106 valence electrons. The van der Waals surface area contributed by atoms with Crippen LogP contribution in [0.4, 0.5) is 0 Å². The van der Waals surface area contributed by atoms with E-state index in [0.717, 1.165) is 0 Å². The Morgan fingerprint density at radius 2 is 2.06 bits per heavy atom. The lowest BCUT2D eigenvalue weighted by molar-refractivity contribution is 0.208. The standard InChI is InChI=1S/C10H21N3O4S/c1-10(9(11)12-14)3-5-13(6-4-10)18(15,16)8-7-17-2/h14H,3-8H2,1-2H3,(H2,11,12). The summed E-state index contributed by atoms with van der Waals surface area (Å²) in [5, 5.41) is 11.7. The number of hydrogen-bond acceptors (Lipinski definition) is 5. The van der Waals surface area contributed by atoms with Gasteiger partial charge in [-0.2, -0.15) is 0 Å². The summed E-state index contributed by atoms with van der Waals surface area (Å²) in [6.07, 6.45) is 1.10. The minimum Gasteiger partial charge on any atom is -0.409 e. The van der Waals surface area contributed by atoms with Crippen LogP contribution >= 0.6 is 0 Å². The Labute approximate surface area is 108 Å². The maximum atomic E-state index is 11.9. The zero-order chi connectivity index (χ0) is 13.8. The molecule has 1 aliphatic rings. The van der Waals surface area contributed by atoms with Gasteiger partial charge in [-0.25, -0.2) is 12.7 Å². The number of hydrogen-bond donors (Lipinski definition) is 2. The zero-order valence-corrected chi connectivity index (χ0v) is 11.6. The Morgan fingerprint density at radius 1 is 1.50 bits per heavy atom. The van der Waals surface area contributed by atoms with Gasteiger partial charge in [0.15, 0.2) is 0 Å². The molecule has 7 nitrogen and oxygen atoms in total. The van der Waals surface area contributed by atoms with E-state index in [2.05, 4.69) is 5.16 Å². The number of sulfonamides is 1. The first-order valence-electron chi connectivity index (χ1n) is 5.80. The van der Waals surface area contributed by atoms with Crippen LogP contribution < -0.4 is 5.73 Å². The van der Waals surface area contributed by atoms with Crippen LogP contribution in [0.5, 0.6) is 0 Å². The molecule has 0 aliphatic carbocycles. The third-order valence-corrected chi connectivity index (χ3v) is 5.33. The Kier molecular flexibility index (Phi) is 4.94. The number of nitrogens with zero attached hydrogens (tertiary/aromatic N) is 2. The molecule has 18 heavy (non-hydrogen) atoms. The number of ether oxygens (including phenoxy) is 1. The van der Waals surface area contributed by atoms with Gasteiger partial charge in [0, 0.05) is 25.6 Å². The van der Waals surface area contributed by atoms with E-state index in [1.807, 2.05) is 6.92 Å². The van der Waals surface area contributed by atoms with Crippen LogP contribution in [0.1, 0.15) is 19.8 Å². The summed E-state index contributed by atoms with van der Waals surface area (Å²) in [7, 11) is -1.79. The number of methoxy groups -OCH3 is 1. The average molecular weight is 279 g/mol. The number of piperidine rings is 1. The molecule has 1 fully saturated rings. The molecule has 0 bridgehead atoms. The molecule has 3 N–H and O–H groups in total. The van der Waals surface area contributed by atoms with Crippen molar-refractivity contribution in [3.63, 3.8) is 0 Å². The summed E-state index contributed by atoms with van der Waals surface area (Å²) in [6, 6.07) is 0. The highest BCUT2D eigenvalue weighted by Crippen LogP contribution is 2.32. The van der Waals surface area contributed by atoms with E-state index < -0.39 is 15.4 Å². The fourth-order valence-electron chi connectivity index (χ4n) is 1.95. The maximum Gasteiger partial charge on any atom is 0.216 e. The van der Waals surface area contributed by atoms with Gasteiger partial charge >= 0.3 is 0 Å². The second-order valence-electron chi connectivity index (χ2n) is 4.75. The van der Waals surface area contributed by atoms with Crippen LogP contribution in [0.2, 0.25) is 0 Å². The van der Waals surface area contributed by atoms with Gasteiger partial charge in [0.1, 0.15) is 5.84 Å². The van der Waals surface area contributed by atoms with Crippen molar-refractivity contribution in [2.24, 2.45) is 16.3 Å². The molecule has 0 spiro atoms. The van der Waals surface area contributed by atoms with Crippen LogP contribution in [0, 0.1) is 5.41 Å². The third kappa shape index (κ3) is 3.33. The minimum absolute atomic E-state index is 0.0101. The first kappa shape index (κ1) is 15.2. The maximum absolute atomic E-state index is 11.9. The number of oxime groups is 1. The fourth-order valence-corrected chi connectivity index (χ4v) is 3.33. The Hall–Kier alpha value is -0.860.